The fourth-order valence-corrected chi connectivity index (χ4v) is 3.57. The largest absolute Gasteiger partial charge is 1.00 e. The monoisotopic (exact) mass is 445 g/mol. The summed E-state index contributed by atoms with van der Waals surface area (Å²) in [6.45, 7) is 7.91. The molecule has 2 aromatic rings. The molecule has 2 aliphatic rings. The summed E-state index contributed by atoms with van der Waals surface area (Å²) < 4.78 is 18.6. The average Bonchev–Trinajstić information content (AvgIpc) is 3.10. The number of ether oxygens (including phenoxy) is 3. The van der Waals surface area contributed by atoms with E-state index >= 15 is 0 Å². The van der Waals surface area contributed by atoms with Crippen LogP contribution in [0.25, 0.3) is 0 Å². The van der Waals surface area contributed by atoms with Gasteiger partial charge in [0.2, 0.25) is 6.79 Å². The van der Waals surface area contributed by atoms with E-state index in [-0.39, 0.29) is 29.1 Å². The first-order chi connectivity index (χ1) is 13.0. The summed E-state index contributed by atoms with van der Waals surface area (Å²) in [5, 5.41) is 0. The average molecular weight is 446 g/mol. The van der Waals surface area contributed by atoms with Crippen molar-refractivity contribution in [2.75, 3.05) is 13.3 Å². The molecule has 0 saturated carbocycles. The summed E-state index contributed by atoms with van der Waals surface area (Å²) in [5.41, 5.74) is 5.52. The molecule has 0 unspecified atom stereocenters. The minimum Gasteiger partial charge on any atom is -1.00 e. The minimum absolute atomic E-state index is 0. The van der Waals surface area contributed by atoms with Gasteiger partial charge in [0.15, 0.2) is 23.8 Å². The Hall–Kier alpha value is -2.34. The van der Waals surface area contributed by atoms with Crippen molar-refractivity contribution < 1.29 is 40.6 Å². The SMILES string of the molecule is CC1=[N+](Cc2ccc(C(=O)OC(C)C)cc2)CCc2cc3c(cc21)OCO3.[Br-]. The van der Waals surface area contributed by atoms with Crippen LogP contribution in [0.5, 0.6) is 11.5 Å². The van der Waals surface area contributed by atoms with Gasteiger partial charge < -0.3 is 31.2 Å². The number of carbonyl (C=O) groups is 1. The molecule has 4 rings (SSSR count). The first-order valence-corrected chi connectivity index (χ1v) is 9.32. The molecular formula is C22H24BrNO4. The van der Waals surface area contributed by atoms with Crippen LogP contribution in [0.2, 0.25) is 0 Å². The van der Waals surface area contributed by atoms with Crippen LogP contribution in [0.4, 0.5) is 0 Å². The molecule has 0 N–H and O–H groups in total. The molecule has 0 amide bonds. The highest BCUT2D eigenvalue weighted by atomic mass is 79.9. The van der Waals surface area contributed by atoms with Crippen molar-refractivity contribution in [1.29, 1.82) is 0 Å². The molecule has 5 nitrogen and oxygen atoms in total. The Morgan fingerprint density at radius 3 is 2.50 bits per heavy atom. The molecule has 0 bridgehead atoms. The number of fused-ring (bicyclic) bond motifs is 2. The van der Waals surface area contributed by atoms with Crippen LogP contribution in [-0.2, 0) is 17.7 Å². The number of rotatable bonds is 4. The van der Waals surface area contributed by atoms with E-state index in [9.17, 15) is 4.79 Å². The fraction of sp³-hybridized carbons (Fsp3) is 0.364. The number of carbonyl (C=O) groups excluding carboxylic acids is 1. The lowest BCUT2D eigenvalue weighted by molar-refractivity contribution is -0.545. The number of hydrogen-bond acceptors (Lipinski definition) is 4. The number of hydrogen-bond donors (Lipinski definition) is 0. The first-order valence-electron chi connectivity index (χ1n) is 9.32. The maximum Gasteiger partial charge on any atom is 0.338 e. The van der Waals surface area contributed by atoms with Gasteiger partial charge in [0.05, 0.1) is 11.7 Å². The van der Waals surface area contributed by atoms with Gasteiger partial charge in [0, 0.05) is 24.5 Å². The Bertz CT molecular complexity index is 919. The van der Waals surface area contributed by atoms with Crippen LogP contribution in [-0.4, -0.2) is 35.7 Å². The maximum atomic E-state index is 12.0. The normalized spacial score (nSPS) is 14.6. The third-order valence-electron chi connectivity index (χ3n) is 5.02. The molecule has 0 radical (unpaired) electrons. The lowest BCUT2D eigenvalue weighted by Crippen LogP contribution is -3.00. The van der Waals surface area contributed by atoms with Crippen molar-refractivity contribution in [2.45, 2.75) is 39.8 Å². The van der Waals surface area contributed by atoms with Crippen molar-refractivity contribution in [3.63, 3.8) is 0 Å². The number of esters is 1. The van der Waals surface area contributed by atoms with Gasteiger partial charge in [-0.15, -0.1) is 0 Å². The predicted octanol–water partition coefficient (Wildman–Crippen LogP) is 0.562. The minimum atomic E-state index is -0.276. The van der Waals surface area contributed by atoms with Crippen LogP contribution in [0.3, 0.4) is 0 Å². The van der Waals surface area contributed by atoms with Gasteiger partial charge >= 0.3 is 5.97 Å². The van der Waals surface area contributed by atoms with Gasteiger partial charge in [-0.25, -0.2) is 9.37 Å². The Morgan fingerprint density at radius 2 is 1.82 bits per heavy atom. The number of halogens is 1. The second kappa shape index (κ2) is 8.35. The highest BCUT2D eigenvalue weighted by Gasteiger charge is 2.26. The van der Waals surface area contributed by atoms with Gasteiger partial charge in [-0.05, 0) is 43.7 Å². The zero-order valence-electron chi connectivity index (χ0n) is 16.3. The third-order valence-corrected chi connectivity index (χ3v) is 5.02. The summed E-state index contributed by atoms with van der Waals surface area (Å²) in [5.74, 6) is 1.39. The molecule has 0 aromatic heterocycles. The molecule has 2 aromatic carbocycles. The molecule has 148 valence electrons. The second-order valence-electron chi connectivity index (χ2n) is 7.27. The van der Waals surface area contributed by atoms with E-state index in [0.717, 1.165) is 31.0 Å². The van der Waals surface area contributed by atoms with E-state index in [2.05, 4.69) is 23.6 Å². The Morgan fingerprint density at radius 1 is 1.14 bits per heavy atom. The molecular weight excluding hydrogens is 422 g/mol. The van der Waals surface area contributed by atoms with Gasteiger partial charge in [-0.3, -0.25) is 0 Å². The summed E-state index contributed by atoms with van der Waals surface area (Å²) >= 11 is 0. The van der Waals surface area contributed by atoms with E-state index < -0.39 is 0 Å². The summed E-state index contributed by atoms with van der Waals surface area (Å²) in [4.78, 5) is 12.0. The lowest BCUT2D eigenvalue weighted by Gasteiger charge is -2.17. The van der Waals surface area contributed by atoms with E-state index in [1.807, 2.05) is 38.1 Å². The Kier molecular flexibility index (Phi) is 6.08. The molecule has 28 heavy (non-hydrogen) atoms. The van der Waals surface area contributed by atoms with E-state index in [1.165, 1.54) is 22.4 Å². The smallest absolute Gasteiger partial charge is 0.338 e. The van der Waals surface area contributed by atoms with E-state index in [4.69, 9.17) is 14.2 Å². The topological polar surface area (TPSA) is 47.8 Å². The van der Waals surface area contributed by atoms with Crippen LogP contribution in [0, 0.1) is 0 Å². The molecule has 2 heterocycles. The van der Waals surface area contributed by atoms with Crippen molar-refractivity contribution in [3.8, 4) is 11.5 Å². The highest BCUT2D eigenvalue weighted by molar-refractivity contribution is 5.97. The van der Waals surface area contributed by atoms with Crippen molar-refractivity contribution in [1.82, 2.24) is 0 Å². The van der Waals surface area contributed by atoms with Crippen LogP contribution in [0.15, 0.2) is 36.4 Å². The zero-order valence-corrected chi connectivity index (χ0v) is 17.9. The third kappa shape index (κ3) is 4.07. The Balaban J connectivity index is 0.00000225. The van der Waals surface area contributed by atoms with E-state index in [0.29, 0.717) is 12.4 Å². The van der Waals surface area contributed by atoms with Gasteiger partial charge in [0.1, 0.15) is 6.54 Å². The number of benzene rings is 2. The van der Waals surface area contributed by atoms with Gasteiger partial charge in [-0.2, -0.15) is 0 Å². The predicted molar refractivity (Wildman–Crippen MR) is 102 cm³/mol. The lowest BCUT2D eigenvalue weighted by atomic mass is 9.96. The van der Waals surface area contributed by atoms with Crippen LogP contribution in [0.1, 0.15) is 47.8 Å². The van der Waals surface area contributed by atoms with Gasteiger partial charge in [0.25, 0.3) is 0 Å². The van der Waals surface area contributed by atoms with Crippen molar-refractivity contribution in [2.24, 2.45) is 0 Å². The highest BCUT2D eigenvalue weighted by Crippen LogP contribution is 2.36. The first kappa shape index (κ1) is 20.4. The molecule has 0 atom stereocenters. The molecule has 0 aliphatic carbocycles. The molecule has 6 heteroatoms. The fourth-order valence-electron chi connectivity index (χ4n) is 3.57. The summed E-state index contributed by atoms with van der Waals surface area (Å²) in [7, 11) is 0. The maximum absolute atomic E-state index is 12.0. The van der Waals surface area contributed by atoms with Crippen LogP contribution >= 0.6 is 0 Å². The standard InChI is InChI=1S/C22H24NO4.BrH/c1-14(2)27-22(24)17-6-4-16(5-7-17)12-23-9-8-18-10-20-21(26-13-25-20)11-19(18)15(23)3;/h4-7,10-11,14H,8-9,12-13H2,1-3H3;1H/q+1;/p-1. The van der Waals surface area contributed by atoms with Crippen molar-refractivity contribution in [3.05, 3.63) is 58.7 Å². The van der Waals surface area contributed by atoms with Crippen molar-refractivity contribution >= 4 is 11.7 Å². The van der Waals surface area contributed by atoms with Crippen LogP contribution < -0.4 is 26.5 Å². The molecule has 0 fully saturated rings. The molecule has 0 spiro atoms. The molecule has 0 saturated heterocycles. The quantitative estimate of drug-likeness (QED) is 0.509. The Labute approximate surface area is 175 Å². The second-order valence-corrected chi connectivity index (χ2v) is 7.27. The summed E-state index contributed by atoms with van der Waals surface area (Å²) in [6.07, 6.45) is 0.862. The van der Waals surface area contributed by atoms with Gasteiger partial charge in [-0.1, -0.05) is 12.1 Å². The summed E-state index contributed by atoms with van der Waals surface area (Å²) in [6, 6.07) is 11.9. The molecule has 2 aliphatic heterocycles. The van der Waals surface area contributed by atoms with E-state index in [1.54, 1.807) is 0 Å². The number of nitrogens with zero attached hydrogens (tertiary/aromatic N) is 1. The zero-order chi connectivity index (χ0) is 19.0.